The Hall–Kier alpha value is -1.95. The molecule has 124 valence electrons. The summed E-state index contributed by atoms with van der Waals surface area (Å²) in [7, 11) is -3.25. The second kappa shape index (κ2) is 5.92. The molecular weight excluding hydrogens is 314 g/mol. The van der Waals surface area contributed by atoms with Gasteiger partial charge in [-0.25, -0.2) is 8.42 Å². The molecule has 0 saturated carbocycles. The van der Waals surface area contributed by atoms with E-state index in [4.69, 9.17) is 0 Å². The van der Waals surface area contributed by atoms with Gasteiger partial charge in [-0.2, -0.15) is 0 Å². The highest BCUT2D eigenvalue weighted by Crippen LogP contribution is 2.36. The van der Waals surface area contributed by atoms with Crippen molar-refractivity contribution in [2.45, 2.75) is 38.5 Å². The largest absolute Gasteiger partial charge is 0.511 e. The van der Waals surface area contributed by atoms with Crippen LogP contribution in [0.25, 0.3) is 0 Å². The Morgan fingerprint density at radius 1 is 1.17 bits per heavy atom. The lowest BCUT2D eigenvalue weighted by Crippen LogP contribution is -2.28. The number of rotatable bonds is 3. The van der Waals surface area contributed by atoms with Crippen molar-refractivity contribution in [1.82, 2.24) is 0 Å². The summed E-state index contributed by atoms with van der Waals surface area (Å²) in [5.41, 5.74) is 1.00. The molecule has 0 fully saturated rings. The zero-order valence-corrected chi connectivity index (χ0v) is 14.6. The Morgan fingerprint density at radius 2 is 1.74 bits per heavy atom. The number of aliphatic imine (C=N–C) groups is 1. The fourth-order valence-corrected chi connectivity index (χ4v) is 3.35. The van der Waals surface area contributed by atoms with Crippen LogP contribution in [0.3, 0.4) is 0 Å². The number of aliphatic hydroxyl groups is 1. The maximum atomic E-state index is 12.3. The highest BCUT2D eigenvalue weighted by molar-refractivity contribution is 7.90. The van der Waals surface area contributed by atoms with Crippen molar-refractivity contribution in [1.29, 1.82) is 0 Å². The van der Waals surface area contributed by atoms with Crippen molar-refractivity contribution in [3.63, 3.8) is 0 Å². The van der Waals surface area contributed by atoms with Crippen LogP contribution in [-0.4, -0.2) is 31.3 Å². The van der Waals surface area contributed by atoms with Crippen LogP contribution in [0.4, 0.5) is 5.69 Å². The van der Waals surface area contributed by atoms with Gasteiger partial charge in [0.05, 0.1) is 21.9 Å². The van der Waals surface area contributed by atoms with Gasteiger partial charge in [-0.15, -0.1) is 0 Å². The number of Topliss-reactive ketones (excluding diaryl/α,β-unsaturated/α-hetero) is 1. The van der Waals surface area contributed by atoms with E-state index in [9.17, 15) is 18.3 Å². The molecule has 0 aromatic heterocycles. The molecule has 0 radical (unpaired) electrons. The zero-order chi connectivity index (χ0) is 17.4. The third kappa shape index (κ3) is 4.07. The van der Waals surface area contributed by atoms with Gasteiger partial charge in [-0.05, 0) is 36.6 Å². The number of aliphatic hydroxyl groups excluding tert-OH is 1. The molecule has 23 heavy (non-hydrogen) atoms. The van der Waals surface area contributed by atoms with Crippen molar-refractivity contribution in [2.75, 3.05) is 6.26 Å². The average molecular weight is 335 g/mol. The van der Waals surface area contributed by atoms with Crippen LogP contribution in [0.15, 0.2) is 45.5 Å². The van der Waals surface area contributed by atoms with Crippen LogP contribution in [0.1, 0.15) is 33.6 Å². The second-order valence-electron chi connectivity index (χ2n) is 6.73. The van der Waals surface area contributed by atoms with Gasteiger partial charge in [-0.1, -0.05) is 13.8 Å². The predicted octanol–water partition coefficient (Wildman–Crippen LogP) is 3.38. The van der Waals surface area contributed by atoms with E-state index >= 15 is 0 Å². The minimum atomic E-state index is -3.25. The fourth-order valence-electron chi connectivity index (χ4n) is 2.72. The highest BCUT2D eigenvalue weighted by Gasteiger charge is 2.34. The third-order valence-corrected chi connectivity index (χ3v) is 4.90. The lowest BCUT2D eigenvalue weighted by atomic mass is 9.76. The van der Waals surface area contributed by atoms with Gasteiger partial charge in [-0.3, -0.25) is 9.79 Å². The first-order valence-corrected chi connectivity index (χ1v) is 9.20. The minimum Gasteiger partial charge on any atom is -0.511 e. The Morgan fingerprint density at radius 3 is 2.22 bits per heavy atom. The first-order chi connectivity index (χ1) is 10.5. The first kappa shape index (κ1) is 17.4. The molecule has 0 atom stereocenters. The maximum Gasteiger partial charge on any atom is 0.175 e. The van der Waals surface area contributed by atoms with E-state index < -0.39 is 9.84 Å². The number of ketones is 1. The van der Waals surface area contributed by atoms with Crippen molar-refractivity contribution in [3.05, 3.63) is 35.6 Å². The predicted molar refractivity (Wildman–Crippen MR) is 90.0 cm³/mol. The summed E-state index contributed by atoms with van der Waals surface area (Å²) in [6.45, 7) is 5.55. The van der Waals surface area contributed by atoms with Gasteiger partial charge in [0.2, 0.25) is 0 Å². The van der Waals surface area contributed by atoms with E-state index in [2.05, 4.69) is 4.99 Å². The molecule has 2 rings (SSSR count). The van der Waals surface area contributed by atoms with Gasteiger partial charge >= 0.3 is 0 Å². The van der Waals surface area contributed by atoms with Gasteiger partial charge in [0.15, 0.2) is 15.6 Å². The first-order valence-electron chi connectivity index (χ1n) is 7.31. The summed E-state index contributed by atoms with van der Waals surface area (Å²) in [6.07, 6.45) is 1.95. The Kier molecular flexibility index (Phi) is 4.48. The van der Waals surface area contributed by atoms with E-state index in [0.717, 1.165) is 6.26 Å². The zero-order valence-electron chi connectivity index (χ0n) is 13.8. The molecule has 0 aliphatic heterocycles. The summed E-state index contributed by atoms with van der Waals surface area (Å²) < 4.78 is 22.9. The quantitative estimate of drug-likeness (QED) is 0.858. The van der Waals surface area contributed by atoms with Gasteiger partial charge < -0.3 is 5.11 Å². The van der Waals surface area contributed by atoms with E-state index in [1.54, 1.807) is 19.1 Å². The Bertz CT molecular complexity index is 800. The number of hydrogen-bond acceptors (Lipinski definition) is 5. The number of carbonyl (C=O) groups excluding carboxylic acids is 1. The van der Waals surface area contributed by atoms with Gasteiger partial charge in [0, 0.05) is 19.1 Å². The fraction of sp³-hybridized carbons (Fsp3) is 0.412. The number of benzene rings is 1. The summed E-state index contributed by atoms with van der Waals surface area (Å²) in [5, 5.41) is 10.2. The van der Waals surface area contributed by atoms with Crippen LogP contribution < -0.4 is 0 Å². The topological polar surface area (TPSA) is 83.8 Å². The molecule has 6 heteroatoms. The van der Waals surface area contributed by atoms with E-state index in [1.807, 2.05) is 13.8 Å². The summed E-state index contributed by atoms with van der Waals surface area (Å²) in [4.78, 5) is 16.8. The lowest BCUT2D eigenvalue weighted by molar-refractivity contribution is -0.117. The van der Waals surface area contributed by atoms with Gasteiger partial charge in [0.25, 0.3) is 0 Å². The molecule has 0 amide bonds. The van der Waals surface area contributed by atoms with Crippen LogP contribution in [0, 0.1) is 5.41 Å². The monoisotopic (exact) mass is 335 g/mol. The van der Waals surface area contributed by atoms with Crippen LogP contribution in [0.5, 0.6) is 0 Å². The highest BCUT2D eigenvalue weighted by atomic mass is 32.2. The minimum absolute atomic E-state index is 0.0697. The molecular formula is C17H21NO4S. The summed E-state index contributed by atoms with van der Waals surface area (Å²) in [5.74, 6) is -0.0481. The molecule has 1 aliphatic carbocycles. The molecule has 1 aromatic rings. The van der Waals surface area contributed by atoms with Crippen LogP contribution >= 0.6 is 0 Å². The molecule has 0 unspecified atom stereocenters. The molecule has 1 aromatic carbocycles. The SMILES string of the molecule is CC(=Nc1ccc(S(C)(=O)=O)cc1)C1=C(O)CC(C)(C)CC1=O. The van der Waals surface area contributed by atoms with Crippen LogP contribution in [-0.2, 0) is 14.6 Å². The van der Waals surface area contributed by atoms with Crippen LogP contribution in [0.2, 0.25) is 0 Å². The molecule has 1 N–H and O–H groups in total. The molecule has 1 aliphatic rings. The normalized spacial score (nSPS) is 19.1. The Labute approximate surface area is 136 Å². The van der Waals surface area contributed by atoms with Crippen molar-refractivity contribution < 1.29 is 18.3 Å². The summed E-state index contributed by atoms with van der Waals surface area (Å²) >= 11 is 0. The van der Waals surface area contributed by atoms with Crippen molar-refractivity contribution >= 4 is 27.0 Å². The molecule has 0 bridgehead atoms. The molecule has 0 spiro atoms. The standard InChI is InChI=1S/C17H21NO4S/c1-11(16-14(19)9-17(2,3)10-15(16)20)18-12-5-7-13(8-6-12)23(4,21)22/h5-8,19H,9-10H2,1-4H3. The Balaban J connectivity index is 2.35. The molecule has 5 nitrogen and oxygen atoms in total. The molecule has 0 heterocycles. The van der Waals surface area contributed by atoms with E-state index in [0.29, 0.717) is 24.2 Å². The second-order valence-corrected chi connectivity index (χ2v) is 8.74. The smallest absolute Gasteiger partial charge is 0.175 e. The lowest BCUT2D eigenvalue weighted by Gasteiger charge is -2.29. The van der Waals surface area contributed by atoms with Crippen molar-refractivity contribution in [2.24, 2.45) is 10.4 Å². The van der Waals surface area contributed by atoms with E-state index in [1.165, 1.54) is 12.1 Å². The molecule has 0 saturated heterocycles. The third-order valence-electron chi connectivity index (χ3n) is 3.78. The number of sulfone groups is 1. The average Bonchev–Trinajstić information content (AvgIpc) is 2.35. The van der Waals surface area contributed by atoms with E-state index in [-0.39, 0.29) is 27.4 Å². The van der Waals surface area contributed by atoms with Crippen molar-refractivity contribution in [3.8, 4) is 0 Å². The number of nitrogens with zero attached hydrogens (tertiary/aromatic N) is 1. The number of allylic oxidation sites excluding steroid dienone is 2. The summed E-state index contributed by atoms with van der Waals surface area (Å²) in [6, 6.07) is 6.10. The number of carbonyl (C=O) groups is 1. The maximum absolute atomic E-state index is 12.3. The number of hydrogen-bond donors (Lipinski definition) is 1. The van der Waals surface area contributed by atoms with Gasteiger partial charge in [0.1, 0.15) is 5.76 Å².